The summed E-state index contributed by atoms with van der Waals surface area (Å²) in [7, 11) is 0. The summed E-state index contributed by atoms with van der Waals surface area (Å²) < 4.78 is 0. The highest BCUT2D eigenvalue weighted by Gasteiger charge is 2.06. The van der Waals surface area contributed by atoms with E-state index in [1.165, 1.54) is 19.3 Å². The number of allylic oxidation sites excluding steroid dienone is 2. The maximum absolute atomic E-state index is 5.26. The van der Waals surface area contributed by atoms with Crippen molar-refractivity contribution in [2.45, 2.75) is 32.6 Å². The van der Waals surface area contributed by atoms with Crippen LogP contribution < -0.4 is 5.73 Å². The Bertz CT molecular complexity index is 239. The van der Waals surface area contributed by atoms with Gasteiger partial charge in [-0.3, -0.25) is 4.99 Å². The monoisotopic (exact) mass is 192 g/mol. The molecular weight excluding hydrogens is 172 g/mol. The summed E-state index contributed by atoms with van der Waals surface area (Å²) in [6.07, 6.45) is 13.0. The molecular formula is C12H20N2. The first-order chi connectivity index (χ1) is 6.83. The van der Waals surface area contributed by atoms with E-state index in [9.17, 15) is 0 Å². The molecule has 0 spiro atoms. The molecule has 0 fully saturated rings. The summed E-state index contributed by atoms with van der Waals surface area (Å²) >= 11 is 0. The van der Waals surface area contributed by atoms with Crippen molar-refractivity contribution in [3.05, 3.63) is 24.4 Å². The van der Waals surface area contributed by atoms with Crippen LogP contribution in [0.1, 0.15) is 32.6 Å². The van der Waals surface area contributed by atoms with Gasteiger partial charge in [-0.1, -0.05) is 18.6 Å². The topological polar surface area (TPSA) is 38.4 Å². The molecule has 1 aliphatic rings. The highest BCUT2D eigenvalue weighted by Crippen LogP contribution is 2.15. The highest BCUT2D eigenvalue weighted by molar-refractivity contribution is 5.93. The number of nitrogens with two attached hydrogens (primary N) is 1. The molecule has 2 nitrogen and oxygen atoms in total. The Morgan fingerprint density at radius 3 is 3.07 bits per heavy atom. The van der Waals surface area contributed by atoms with Gasteiger partial charge in [0.1, 0.15) is 0 Å². The van der Waals surface area contributed by atoms with Crippen LogP contribution in [-0.4, -0.2) is 12.3 Å². The fraction of sp³-hybridized carbons (Fsp3) is 0.583. The van der Waals surface area contributed by atoms with Crippen molar-refractivity contribution in [3.8, 4) is 0 Å². The lowest BCUT2D eigenvalue weighted by atomic mass is 9.98. The molecule has 0 amide bonds. The molecule has 0 aromatic carbocycles. The number of hydrogen-bond donors (Lipinski definition) is 1. The van der Waals surface area contributed by atoms with E-state index < -0.39 is 0 Å². The third kappa shape index (κ3) is 4.26. The minimum absolute atomic E-state index is 0.667. The van der Waals surface area contributed by atoms with Crippen LogP contribution in [0.3, 0.4) is 0 Å². The van der Waals surface area contributed by atoms with Gasteiger partial charge in [-0.25, -0.2) is 0 Å². The molecule has 1 unspecified atom stereocenters. The molecule has 0 bridgehead atoms. The van der Waals surface area contributed by atoms with Crippen molar-refractivity contribution in [2.75, 3.05) is 6.54 Å². The van der Waals surface area contributed by atoms with E-state index in [-0.39, 0.29) is 0 Å². The summed E-state index contributed by atoms with van der Waals surface area (Å²) in [6.45, 7) is 3.04. The van der Waals surface area contributed by atoms with Crippen LogP contribution >= 0.6 is 0 Å². The quantitative estimate of drug-likeness (QED) is 0.668. The number of rotatable bonds is 5. The lowest BCUT2D eigenvalue weighted by Crippen LogP contribution is -2.08. The van der Waals surface area contributed by atoms with Crippen molar-refractivity contribution >= 4 is 5.71 Å². The van der Waals surface area contributed by atoms with E-state index in [0.717, 1.165) is 18.7 Å². The molecule has 1 atom stereocenters. The largest absolute Gasteiger partial charge is 0.405 e. The number of unbranched alkanes of at least 4 members (excludes halogenated alkanes) is 2. The summed E-state index contributed by atoms with van der Waals surface area (Å²) in [5.41, 5.74) is 6.42. The summed E-state index contributed by atoms with van der Waals surface area (Å²) in [6, 6.07) is 0. The van der Waals surface area contributed by atoms with Crippen LogP contribution in [0.2, 0.25) is 0 Å². The standard InChI is InChI=1S/C12H20N2/c1-11-7-8-12(10-14-11)6-4-2-3-5-9-13/h5,7-9,12H,2-4,6,10,13H2,1H3/b9-5-. The van der Waals surface area contributed by atoms with Gasteiger partial charge in [0.2, 0.25) is 0 Å². The smallest absolute Gasteiger partial charge is 0.0455 e. The van der Waals surface area contributed by atoms with Gasteiger partial charge in [0.05, 0.1) is 0 Å². The molecule has 0 saturated carbocycles. The predicted octanol–water partition coefficient (Wildman–Crippen LogP) is 2.67. The number of hydrogen-bond acceptors (Lipinski definition) is 2. The Morgan fingerprint density at radius 1 is 1.57 bits per heavy atom. The van der Waals surface area contributed by atoms with Crippen molar-refractivity contribution in [2.24, 2.45) is 16.6 Å². The van der Waals surface area contributed by atoms with E-state index in [0.29, 0.717) is 5.92 Å². The van der Waals surface area contributed by atoms with Crippen LogP contribution in [0, 0.1) is 5.92 Å². The Morgan fingerprint density at radius 2 is 2.43 bits per heavy atom. The highest BCUT2D eigenvalue weighted by atomic mass is 14.7. The van der Waals surface area contributed by atoms with Crippen LogP contribution in [-0.2, 0) is 0 Å². The number of dihydropyridines is 1. The van der Waals surface area contributed by atoms with E-state index >= 15 is 0 Å². The second-order valence-corrected chi connectivity index (χ2v) is 3.81. The average Bonchev–Trinajstić information content (AvgIpc) is 2.21. The zero-order valence-electron chi connectivity index (χ0n) is 8.95. The third-order valence-corrected chi connectivity index (χ3v) is 2.52. The van der Waals surface area contributed by atoms with E-state index in [2.05, 4.69) is 24.1 Å². The van der Waals surface area contributed by atoms with E-state index in [1.54, 1.807) is 6.20 Å². The van der Waals surface area contributed by atoms with Gasteiger partial charge in [0.15, 0.2) is 0 Å². The fourth-order valence-corrected chi connectivity index (χ4v) is 1.60. The summed E-state index contributed by atoms with van der Waals surface area (Å²) in [5, 5.41) is 0. The molecule has 0 aromatic heterocycles. The second kappa shape index (κ2) is 6.41. The Kier molecular flexibility index (Phi) is 5.05. The zero-order valence-corrected chi connectivity index (χ0v) is 8.95. The minimum atomic E-state index is 0.667. The maximum atomic E-state index is 5.26. The molecule has 14 heavy (non-hydrogen) atoms. The fourth-order valence-electron chi connectivity index (χ4n) is 1.60. The molecule has 0 radical (unpaired) electrons. The molecule has 2 heteroatoms. The maximum Gasteiger partial charge on any atom is 0.0455 e. The SMILES string of the molecule is CC1=NCC(CCCC/C=C\N)C=C1. The first-order valence-corrected chi connectivity index (χ1v) is 5.39. The van der Waals surface area contributed by atoms with E-state index in [1.807, 2.05) is 6.08 Å². The molecule has 1 heterocycles. The Hall–Kier alpha value is -1.05. The van der Waals surface area contributed by atoms with Crippen LogP contribution in [0.5, 0.6) is 0 Å². The number of aliphatic imine (C=N–C) groups is 1. The first-order valence-electron chi connectivity index (χ1n) is 5.39. The van der Waals surface area contributed by atoms with Gasteiger partial charge in [-0.2, -0.15) is 0 Å². The lowest BCUT2D eigenvalue weighted by Gasteiger charge is -2.13. The molecule has 78 valence electrons. The second-order valence-electron chi connectivity index (χ2n) is 3.81. The Balaban J connectivity index is 2.06. The summed E-state index contributed by atoms with van der Waals surface area (Å²) in [4.78, 5) is 4.42. The molecule has 0 saturated heterocycles. The molecule has 0 aliphatic carbocycles. The van der Waals surface area contributed by atoms with Crippen LogP contribution in [0.4, 0.5) is 0 Å². The lowest BCUT2D eigenvalue weighted by molar-refractivity contribution is 0.552. The first kappa shape index (κ1) is 11.0. The van der Waals surface area contributed by atoms with Gasteiger partial charge in [0.25, 0.3) is 0 Å². The van der Waals surface area contributed by atoms with Crippen LogP contribution in [0.15, 0.2) is 29.4 Å². The van der Waals surface area contributed by atoms with Crippen LogP contribution in [0.25, 0.3) is 0 Å². The Labute approximate surface area is 86.6 Å². The molecule has 1 aliphatic heterocycles. The zero-order chi connectivity index (χ0) is 10.2. The van der Waals surface area contributed by atoms with Crippen molar-refractivity contribution in [1.29, 1.82) is 0 Å². The minimum Gasteiger partial charge on any atom is -0.405 e. The third-order valence-electron chi connectivity index (χ3n) is 2.52. The number of nitrogens with zero attached hydrogens (tertiary/aromatic N) is 1. The van der Waals surface area contributed by atoms with Gasteiger partial charge < -0.3 is 5.73 Å². The van der Waals surface area contributed by atoms with Gasteiger partial charge in [-0.05, 0) is 44.4 Å². The normalized spacial score (nSPS) is 21.5. The molecule has 2 N–H and O–H groups in total. The van der Waals surface area contributed by atoms with Gasteiger partial charge in [0, 0.05) is 12.3 Å². The van der Waals surface area contributed by atoms with Crippen molar-refractivity contribution in [3.63, 3.8) is 0 Å². The molecule has 0 aromatic rings. The summed E-state index contributed by atoms with van der Waals surface area (Å²) in [5.74, 6) is 0.667. The predicted molar refractivity (Wildman–Crippen MR) is 62.4 cm³/mol. The van der Waals surface area contributed by atoms with Crippen molar-refractivity contribution in [1.82, 2.24) is 0 Å². The van der Waals surface area contributed by atoms with Gasteiger partial charge >= 0.3 is 0 Å². The molecule has 1 rings (SSSR count). The average molecular weight is 192 g/mol. The van der Waals surface area contributed by atoms with Gasteiger partial charge in [-0.15, -0.1) is 0 Å². The van der Waals surface area contributed by atoms with Crippen molar-refractivity contribution < 1.29 is 0 Å². The van der Waals surface area contributed by atoms with E-state index in [4.69, 9.17) is 5.73 Å².